The first-order valence-electron chi connectivity index (χ1n) is 10.3. The summed E-state index contributed by atoms with van der Waals surface area (Å²) in [5, 5.41) is 23.1. The minimum atomic E-state index is -4.56. The van der Waals surface area contributed by atoms with Crippen molar-refractivity contribution >= 4 is 30.9 Å². The maximum absolute atomic E-state index is 13.3. The number of pyridine rings is 1. The number of nitrogens with two attached hydrogens (primary N) is 1. The first-order valence-corrected chi connectivity index (χ1v) is 13.3. The molecule has 2 aromatic heterocycles. The van der Waals surface area contributed by atoms with Crippen LogP contribution in [0.3, 0.4) is 0 Å². The van der Waals surface area contributed by atoms with Crippen LogP contribution in [-0.4, -0.2) is 61.6 Å². The second-order valence-corrected chi connectivity index (χ2v) is 11.0. The van der Waals surface area contributed by atoms with Crippen molar-refractivity contribution in [3.63, 3.8) is 0 Å². The van der Waals surface area contributed by atoms with E-state index in [0.29, 0.717) is 36.2 Å². The third-order valence-electron chi connectivity index (χ3n) is 5.58. The number of hydrogen-bond acceptors (Lipinski definition) is 9. The smallest absolute Gasteiger partial charge is 0.242 e. The number of benzene rings is 2. The van der Waals surface area contributed by atoms with Gasteiger partial charge in [0.1, 0.15) is 9.79 Å². The van der Waals surface area contributed by atoms with Crippen LogP contribution < -0.4 is 15.2 Å². The van der Waals surface area contributed by atoms with Crippen molar-refractivity contribution in [2.45, 2.75) is 22.3 Å². The van der Waals surface area contributed by atoms with Crippen molar-refractivity contribution in [1.29, 1.82) is 0 Å². The normalized spacial score (nSPS) is 16.8. The summed E-state index contributed by atoms with van der Waals surface area (Å²) in [6.45, 7) is 1.08. The molecule has 0 saturated carbocycles. The summed E-state index contributed by atoms with van der Waals surface area (Å²) in [5.41, 5.74) is 1.57. The van der Waals surface area contributed by atoms with E-state index in [4.69, 9.17) is 5.14 Å². The Hall–Kier alpha value is -3.30. The molecule has 3 heterocycles. The highest BCUT2D eigenvalue weighted by molar-refractivity contribution is 7.92. The lowest BCUT2D eigenvalue weighted by Gasteiger charge is -2.18. The molecule has 0 radical (unpaired) electrons. The number of tetrazole rings is 1. The molecule has 2 aromatic carbocycles. The Morgan fingerprint density at radius 2 is 1.88 bits per heavy atom. The van der Waals surface area contributed by atoms with E-state index < -0.39 is 29.8 Å². The molecule has 1 fully saturated rings. The summed E-state index contributed by atoms with van der Waals surface area (Å²) >= 11 is 0. The minimum Gasteiger partial charge on any atom is -0.315 e. The van der Waals surface area contributed by atoms with Gasteiger partial charge in [-0.05, 0) is 47.5 Å². The van der Waals surface area contributed by atoms with E-state index in [1.165, 1.54) is 12.1 Å². The second kappa shape index (κ2) is 8.48. The molecule has 1 aliphatic rings. The number of primary sulfonamides is 1. The van der Waals surface area contributed by atoms with Crippen LogP contribution in [0.5, 0.6) is 0 Å². The monoisotopic (exact) mass is 500 g/mol. The predicted octanol–water partition coefficient (Wildman–Crippen LogP) is 0.370. The van der Waals surface area contributed by atoms with Gasteiger partial charge in [0.25, 0.3) is 0 Å². The highest BCUT2D eigenvalue weighted by Crippen LogP contribution is 2.40. The van der Waals surface area contributed by atoms with E-state index in [2.05, 4.69) is 35.6 Å². The van der Waals surface area contributed by atoms with E-state index in [1.807, 2.05) is 12.1 Å². The number of fused-ring (bicyclic) bond motifs is 1. The molecule has 14 heteroatoms. The van der Waals surface area contributed by atoms with E-state index in [0.717, 1.165) is 5.39 Å². The zero-order valence-corrected chi connectivity index (χ0v) is 19.3. The Morgan fingerprint density at radius 3 is 2.59 bits per heavy atom. The molecule has 5 N–H and O–H groups in total. The van der Waals surface area contributed by atoms with Gasteiger partial charge in [-0.2, -0.15) is 5.21 Å². The first kappa shape index (κ1) is 22.5. The molecule has 1 unspecified atom stereocenters. The van der Waals surface area contributed by atoms with E-state index in [-0.39, 0.29) is 17.4 Å². The number of rotatable bonds is 6. The van der Waals surface area contributed by atoms with E-state index >= 15 is 0 Å². The van der Waals surface area contributed by atoms with Crippen LogP contribution in [0.4, 0.5) is 0 Å². The summed E-state index contributed by atoms with van der Waals surface area (Å²) < 4.78 is 54.9. The maximum Gasteiger partial charge on any atom is 0.242 e. The van der Waals surface area contributed by atoms with Gasteiger partial charge >= 0.3 is 0 Å². The first-order chi connectivity index (χ1) is 16.3. The third-order valence-corrected chi connectivity index (χ3v) is 8.27. The minimum absolute atomic E-state index is 0.0694. The van der Waals surface area contributed by atoms with Crippen molar-refractivity contribution in [1.82, 2.24) is 35.6 Å². The van der Waals surface area contributed by atoms with Gasteiger partial charge in [0, 0.05) is 24.2 Å². The number of nitrogens with zero attached hydrogens (tertiary/aromatic N) is 4. The quantitative estimate of drug-likeness (QED) is 0.290. The van der Waals surface area contributed by atoms with Crippen molar-refractivity contribution < 1.29 is 16.8 Å². The largest absolute Gasteiger partial charge is 0.315 e. The van der Waals surface area contributed by atoms with Crippen molar-refractivity contribution in [2.75, 3.05) is 13.1 Å². The topological polar surface area (TPSA) is 186 Å². The summed E-state index contributed by atoms with van der Waals surface area (Å²) in [6, 6.07) is 11.3. The molecule has 5 rings (SSSR count). The number of sulfonamides is 2. The predicted molar refractivity (Wildman–Crippen MR) is 123 cm³/mol. The fraction of sp³-hybridized carbons (Fsp3) is 0.200. The molecule has 34 heavy (non-hydrogen) atoms. The molecule has 1 aliphatic heterocycles. The van der Waals surface area contributed by atoms with Crippen LogP contribution in [0.25, 0.3) is 33.4 Å². The van der Waals surface area contributed by atoms with Gasteiger partial charge in [0.15, 0.2) is 0 Å². The molecule has 1 atom stereocenters. The highest BCUT2D eigenvalue weighted by atomic mass is 32.2. The van der Waals surface area contributed by atoms with Crippen molar-refractivity contribution in [3.05, 3.63) is 48.7 Å². The van der Waals surface area contributed by atoms with Crippen LogP contribution in [0.2, 0.25) is 0 Å². The van der Waals surface area contributed by atoms with Gasteiger partial charge in [0.05, 0.1) is 11.1 Å². The fourth-order valence-electron chi connectivity index (χ4n) is 4.15. The molecule has 176 valence electrons. The van der Waals surface area contributed by atoms with Crippen molar-refractivity contribution in [3.8, 4) is 22.5 Å². The molecule has 12 nitrogen and oxygen atoms in total. The van der Waals surface area contributed by atoms with Crippen molar-refractivity contribution in [2.24, 2.45) is 5.14 Å². The standard InChI is InChI=1S/C20H20N8O4S2/c21-33(29,30)19-17(34(31,32)26-12-8-10-22-11-12)7-6-15(18(19)20-24-27-28-25-20)13-3-1-5-16-14(13)4-2-9-23-16/h1-7,9,12,22,26H,8,10-11H2,(H2,21,29,30)(H,24,25,27,28). The Labute approximate surface area is 195 Å². The average Bonchev–Trinajstić information content (AvgIpc) is 3.51. The van der Waals surface area contributed by atoms with Gasteiger partial charge < -0.3 is 5.32 Å². The molecule has 1 saturated heterocycles. The van der Waals surface area contributed by atoms with Crippen LogP contribution in [-0.2, 0) is 20.0 Å². The molecular weight excluding hydrogens is 480 g/mol. The van der Waals surface area contributed by atoms with Gasteiger partial charge in [-0.3, -0.25) is 4.98 Å². The molecule has 0 amide bonds. The van der Waals surface area contributed by atoms with Gasteiger partial charge in [0.2, 0.25) is 25.9 Å². The Morgan fingerprint density at radius 1 is 1.03 bits per heavy atom. The van der Waals surface area contributed by atoms with Gasteiger partial charge in [-0.1, -0.05) is 24.3 Å². The summed E-state index contributed by atoms with van der Waals surface area (Å²) in [4.78, 5) is 3.25. The lowest BCUT2D eigenvalue weighted by Crippen LogP contribution is -2.37. The molecule has 4 aromatic rings. The number of aromatic amines is 1. The van der Waals surface area contributed by atoms with Crippen LogP contribution in [0.15, 0.2) is 58.5 Å². The maximum atomic E-state index is 13.3. The molecule has 0 spiro atoms. The second-order valence-electron chi connectivity index (χ2n) is 7.78. The lowest BCUT2D eigenvalue weighted by atomic mass is 9.95. The lowest BCUT2D eigenvalue weighted by molar-refractivity contribution is 0.555. The Balaban J connectivity index is 1.83. The highest BCUT2D eigenvalue weighted by Gasteiger charge is 2.33. The summed E-state index contributed by atoms with van der Waals surface area (Å²) in [5.74, 6) is -0.112. The Kier molecular flexibility index (Phi) is 5.61. The third kappa shape index (κ3) is 4.05. The summed E-state index contributed by atoms with van der Waals surface area (Å²) in [6.07, 6.45) is 2.21. The van der Waals surface area contributed by atoms with Gasteiger partial charge in [-0.25, -0.2) is 26.7 Å². The fourth-order valence-corrected chi connectivity index (χ4v) is 7.02. The SMILES string of the molecule is NS(=O)(=O)c1c(S(=O)(=O)NC2CCNC2)ccc(-c2cccc3ncccc23)c1-c1nn[nH]n1. The summed E-state index contributed by atoms with van der Waals surface area (Å²) in [7, 11) is -8.82. The van der Waals surface area contributed by atoms with Crippen LogP contribution in [0.1, 0.15) is 6.42 Å². The van der Waals surface area contributed by atoms with Crippen LogP contribution >= 0.6 is 0 Å². The van der Waals surface area contributed by atoms with Gasteiger partial charge in [-0.15, -0.1) is 10.2 Å². The number of hydrogen-bond donors (Lipinski definition) is 4. The number of H-pyrrole nitrogens is 1. The zero-order valence-electron chi connectivity index (χ0n) is 17.6. The number of nitrogens with one attached hydrogen (secondary N) is 3. The zero-order chi connectivity index (χ0) is 23.9. The molecular formula is C20H20N8O4S2. The Bertz CT molecular complexity index is 1580. The molecule has 0 aliphatic carbocycles. The molecule has 0 bridgehead atoms. The van der Waals surface area contributed by atoms with Crippen LogP contribution in [0, 0.1) is 0 Å². The van der Waals surface area contributed by atoms with E-state index in [1.54, 1.807) is 24.4 Å². The number of aromatic nitrogens is 5. The van der Waals surface area contributed by atoms with E-state index in [9.17, 15) is 16.8 Å². The average molecular weight is 501 g/mol.